The summed E-state index contributed by atoms with van der Waals surface area (Å²) < 4.78 is 5.24. The second-order valence-corrected chi connectivity index (χ2v) is 3.61. The van der Waals surface area contributed by atoms with Gasteiger partial charge >= 0.3 is 0 Å². The second kappa shape index (κ2) is 5.35. The highest BCUT2D eigenvalue weighted by molar-refractivity contribution is 7.12. The number of hydrogen-bond acceptors (Lipinski definition) is 4. The zero-order valence-electron chi connectivity index (χ0n) is 8.28. The van der Waals surface area contributed by atoms with Crippen LogP contribution in [0, 0.1) is 0 Å². The van der Waals surface area contributed by atoms with Gasteiger partial charge in [0.1, 0.15) is 10.6 Å². The maximum Gasteiger partial charge on any atom is 0.265 e. The van der Waals surface area contributed by atoms with Gasteiger partial charge in [0.05, 0.1) is 13.2 Å². The quantitative estimate of drug-likeness (QED) is 0.763. The lowest BCUT2D eigenvalue weighted by atomic mass is 10.4. The molecule has 5 nitrogen and oxygen atoms in total. The molecular formula is C9H12N2O3S. The third-order valence-electron chi connectivity index (χ3n) is 1.56. The molecule has 0 saturated heterocycles. The van der Waals surface area contributed by atoms with Crippen molar-refractivity contribution in [2.24, 2.45) is 5.73 Å². The van der Waals surface area contributed by atoms with Crippen LogP contribution in [0.3, 0.4) is 0 Å². The summed E-state index contributed by atoms with van der Waals surface area (Å²) in [6.07, 6.45) is 0. The predicted molar refractivity (Wildman–Crippen MR) is 57.0 cm³/mol. The number of amides is 2. The Morgan fingerprint density at radius 2 is 2.33 bits per heavy atom. The van der Waals surface area contributed by atoms with Crippen LogP contribution in [-0.4, -0.2) is 25.0 Å². The van der Waals surface area contributed by atoms with Crippen LogP contribution in [0.2, 0.25) is 0 Å². The van der Waals surface area contributed by atoms with E-state index in [4.69, 9.17) is 10.5 Å². The molecule has 0 spiro atoms. The fourth-order valence-electron chi connectivity index (χ4n) is 0.980. The summed E-state index contributed by atoms with van der Waals surface area (Å²) in [5.41, 5.74) is 4.91. The lowest BCUT2D eigenvalue weighted by Gasteiger charge is -2.04. The molecule has 0 aliphatic carbocycles. The monoisotopic (exact) mass is 228 g/mol. The number of nitrogens with one attached hydrogen (secondary N) is 1. The van der Waals surface area contributed by atoms with Gasteiger partial charge in [0.2, 0.25) is 5.91 Å². The molecule has 0 aromatic carbocycles. The van der Waals surface area contributed by atoms with E-state index in [9.17, 15) is 9.59 Å². The molecule has 0 unspecified atom stereocenters. The van der Waals surface area contributed by atoms with Gasteiger partial charge in [0.15, 0.2) is 0 Å². The number of nitrogens with two attached hydrogens (primary N) is 1. The van der Waals surface area contributed by atoms with E-state index in [0.29, 0.717) is 17.2 Å². The highest BCUT2D eigenvalue weighted by atomic mass is 32.1. The molecule has 82 valence electrons. The van der Waals surface area contributed by atoms with E-state index < -0.39 is 5.91 Å². The van der Waals surface area contributed by atoms with Gasteiger partial charge in [-0.1, -0.05) is 0 Å². The first-order chi connectivity index (χ1) is 7.15. The molecule has 0 saturated carbocycles. The molecular weight excluding hydrogens is 216 g/mol. The van der Waals surface area contributed by atoms with Crippen LogP contribution in [0.1, 0.15) is 16.6 Å². The average molecular weight is 228 g/mol. The normalized spacial score (nSPS) is 9.67. The third-order valence-corrected chi connectivity index (χ3v) is 2.45. The maximum absolute atomic E-state index is 11.5. The van der Waals surface area contributed by atoms with Crippen molar-refractivity contribution in [3.63, 3.8) is 0 Å². The Morgan fingerprint density at radius 1 is 1.60 bits per heavy atom. The molecule has 1 aromatic heterocycles. The Labute approximate surface area is 91.2 Å². The number of carbonyl (C=O) groups excluding carboxylic acids is 2. The van der Waals surface area contributed by atoms with Crippen molar-refractivity contribution < 1.29 is 14.3 Å². The number of primary amides is 1. The highest BCUT2D eigenvalue weighted by Crippen LogP contribution is 2.24. The van der Waals surface area contributed by atoms with Crippen LogP contribution >= 0.6 is 11.3 Å². The van der Waals surface area contributed by atoms with E-state index in [1.807, 2.05) is 6.92 Å². The van der Waals surface area contributed by atoms with E-state index in [2.05, 4.69) is 5.32 Å². The lowest BCUT2D eigenvalue weighted by Crippen LogP contribution is -2.33. The molecule has 0 bridgehead atoms. The fraction of sp³-hybridized carbons (Fsp3) is 0.333. The SMILES string of the molecule is CCOc1ccsc1C(=O)NCC(N)=O. The van der Waals surface area contributed by atoms with Crippen molar-refractivity contribution in [1.82, 2.24) is 5.32 Å². The minimum absolute atomic E-state index is 0.164. The number of ether oxygens (including phenoxy) is 1. The van der Waals surface area contributed by atoms with Crippen LogP contribution in [0.5, 0.6) is 5.75 Å². The first-order valence-electron chi connectivity index (χ1n) is 4.42. The van der Waals surface area contributed by atoms with Gasteiger partial charge in [-0.3, -0.25) is 9.59 Å². The zero-order valence-corrected chi connectivity index (χ0v) is 9.10. The molecule has 2 amide bonds. The maximum atomic E-state index is 11.5. The molecule has 0 aliphatic rings. The summed E-state index contributed by atoms with van der Waals surface area (Å²) in [5, 5.41) is 4.15. The number of thiophene rings is 1. The van der Waals surface area contributed by atoms with E-state index in [1.165, 1.54) is 11.3 Å². The van der Waals surface area contributed by atoms with Crippen molar-refractivity contribution >= 4 is 23.2 Å². The Balaban J connectivity index is 2.64. The summed E-state index contributed by atoms with van der Waals surface area (Å²) in [6, 6.07) is 1.72. The molecule has 0 radical (unpaired) electrons. The van der Waals surface area contributed by atoms with Crippen molar-refractivity contribution in [1.29, 1.82) is 0 Å². The summed E-state index contributed by atoms with van der Waals surface area (Å²) in [5.74, 6) is -0.380. The minimum Gasteiger partial charge on any atom is -0.492 e. The first-order valence-corrected chi connectivity index (χ1v) is 5.30. The Morgan fingerprint density at radius 3 is 2.93 bits per heavy atom. The molecule has 0 aliphatic heterocycles. The third kappa shape index (κ3) is 3.25. The molecule has 6 heteroatoms. The van der Waals surface area contributed by atoms with Gasteiger partial charge in [-0.2, -0.15) is 0 Å². The van der Waals surface area contributed by atoms with Gasteiger partial charge in [0.25, 0.3) is 5.91 Å². The van der Waals surface area contributed by atoms with Crippen molar-refractivity contribution in [3.05, 3.63) is 16.3 Å². The van der Waals surface area contributed by atoms with E-state index in [0.717, 1.165) is 0 Å². The first kappa shape index (κ1) is 11.5. The number of hydrogen-bond donors (Lipinski definition) is 2. The van der Waals surface area contributed by atoms with Crippen LogP contribution in [0.15, 0.2) is 11.4 Å². The van der Waals surface area contributed by atoms with E-state index in [-0.39, 0.29) is 12.5 Å². The molecule has 0 fully saturated rings. The van der Waals surface area contributed by atoms with Crippen molar-refractivity contribution in [2.75, 3.05) is 13.2 Å². The Hall–Kier alpha value is -1.56. The summed E-state index contributed by atoms with van der Waals surface area (Å²) in [6.45, 7) is 2.16. The van der Waals surface area contributed by atoms with E-state index in [1.54, 1.807) is 11.4 Å². The summed E-state index contributed by atoms with van der Waals surface area (Å²) >= 11 is 1.26. The average Bonchev–Trinajstić information content (AvgIpc) is 2.63. The summed E-state index contributed by atoms with van der Waals surface area (Å²) in [4.78, 5) is 22.4. The molecule has 0 atom stereocenters. The van der Waals surface area contributed by atoms with Gasteiger partial charge in [-0.25, -0.2) is 0 Å². The van der Waals surface area contributed by atoms with Crippen LogP contribution in [-0.2, 0) is 4.79 Å². The van der Waals surface area contributed by atoms with Gasteiger partial charge in [0, 0.05) is 0 Å². The molecule has 1 aromatic rings. The van der Waals surface area contributed by atoms with Crippen LogP contribution in [0.25, 0.3) is 0 Å². The fourth-order valence-corrected chi connectivity index (χ4v) is 1.73. The van der Waals surface area contributed by atoms with Gasteiger partial charge < -0.3 is 15.8 Å². The molecule has 15 heavy (non-hydrogen) atoms. The topological polar surface area (TPSA) is 81.4 Å². The highest BCUT2D eigenvalue weighted by Gasteiger charge is 2.14. The minimum atomic E-state index is -0.571. The van der Waals surface area contributed by atoms with Crippen LogP contribution in [0.4, 0.5) is 0 Å². The van der Waals surface area contributed by atoms with Crippen molar-refractivity contribution in [3.8, 4) is 5.75 Å². The largest absolute Gasteiger partial charge is 0.492 e. The Bertz CT molecular complexity index is 362. The zero-order chi connectivity index (χ0) is 11.3. The van der Waals surface area contributed by atoms with E-state index >= 15 is 0 Å². The molecule has 1 heterocycles. The van der Waals surface area contributed by atoms with Gasteiger partial charge in [-0.15, -0.1) is 11.3 Å². The van der Waals surface area contributed by atoms with Crippen LogP contribution < -0.4 is 15.8 Å². The predicted octanol–water partition coefficient (Wildman–Crippen LogP) is 0.362. The summed E-state index contributed by atoms with van der Waals surface area (Å²) in [7, 11) is 0. The van der Waals surface area contributed by atoms with Gasteiger partial charge in [-0.05, 0) is 18.4 Å². The second-order valence-electron chi connectivity index (χ2n) is 2.70. The van der Waals surface area contributed by atoms with Crippen molar-refractivity contribution in [2.45, 2.75) is 6.92 Å². The number of rotatable bonds is 5. The molecule has 3 N–H and O–H groups in total. The Kier molecular flexibility index (Phi) is 4.11. The molecule has 1 rings (SSSR count). The number of carbonyl (C=O) groups is 2. The standard InChI is InChI=1S/C9H12N2O3S/c1-2-14-6-3-4-15-8(6)9(13)11-5-7(10)12/h3-4H,2,5H2,1H3,(H2,10,12)(H,11,13). The lowest BCUT2D eigenvalue weighted by molar-refractivity contribution is -0.117. The smallest absolute Gasteiger partial charge is 0.265 e.